The van der Waals surface area contributed by atoms with Crippen LogP contribution in [0.1, 0.15) is 67.2 Å². The molecule has 4 aliphatic heterocycles. The maximum absolute atomic E-state index is 13.0. The molecule has 0 aliphatic carbocycles. The van der Waals surface area contributed by atoms with Crippen LogP contribution in [-0.4, -0.2) is 124 Å². The van der Waals surface area contributed by atoms with Crippen LogP contribution in [0.2, 0.25) is 0 Å². The van der Waals surface area contributed by atoms with Crippen molar-refractivity contribution >= 4 is 5.97 Å². The molecule has 0 aromatic heterocycles. The highest BCUT2D eigenvalue weighted by atomic mass is 16.7. The van der Waals surface area contributed by atoms with E-state index in [-0.39, 0.29) is 24.5 Å². The second kappa shape index (κ2) is 13.2. The third-order valence-electron chi connectivity index (χ3n) is 9.62. The molecule has 0 spiro atoms. The third-order valence-corrected chi connectivity index (χ3v) is 9.62. The van der Waals surface area contributed by atoms with Crippen molar-refractivity contribution in [1.82, 2.24) is 4.90 Å². The number of nitrogens with zero attached hydrogens (tertiary/aromatic N) is 1. The molecule has 14 atom stereocenters. The van der Waals surface area contributed by atoms with E-state index in [1.54, 1.807) is 6.92 Å². The smallest absolute Gasteiger partial charge is 0.308 e. The van der Waals surface area contributed by atoms with Gasteiger partial charge in [0.05, 0.1) is 55.8 Å². The number of aliphatic hydroxyl groups is 4. The van der Waals surface area contributed by atoms with Crippen LogP contribution >= 0.6 is 0 Å². The van der Waals surface area contributed by atoms with E-state index >= 15 is 0 Å². The molecule has 4 saturated heterocycles. The Kier molecular flexibility index (Phi) is 10.6. The highest BCUT2D eigenvalue weighted by molar-refractivity contribution is 5.70. The summed E-state index contributed by atoms with van der Waals surface area (Å²) in [5.74, 6) is -1.68. The van der Waals surface area contributed by atoms with Crippen molar-refractivity contribution in [2.24, 2.45) is 17.8 Å². The first-order valence-corrected chi connectivity index (χ1v) is 15.1. The maximum atomic E-state index is 13.0. The van der Waals surface area contributed by atoms with E-state index in [1.807, 2.05) is 34.6 Å². The van der Waals surface area contributed by atoms with E-state index in [9.17, 15) is 25.2 Å². The van der Waals surface area contributed by atoms with Gasteiger partial charge in [-0.15, -0.1) is 0 Å². The van der Waals surface area contributed by atoms with Gasteiger partial charge < -0.3 is 44.1 Å². The number of carbonyl (C=O) groups excluding carboxylic acids is 1. The van der Waals surface area contributed by atoms with Crippen molar-refractivity contribution in [3.8, 4) is 0 Å². The average Bonchev–Trinajstić information content (AvgIpc) is 3.24. The lowest BCUT2D eigenvalue weighted by atomic mass is 9.79. The van der Waals surface area contributed by atoms with Gasteiger partial charge in [0.15, 0.2) is 6.29 Å². The molecule has 4 N–H and O–H groups in total. The summed E-state index contributed by atoms with van der Waals surface area (Å²) in [5, 5.41) is 44.0. The number of aliphatic hydroxyl groups excluding tert-OH is 4. The summed E-state index contributed by atoms with van der Waals surface area (Å²) < 4.78 is 30.7. The molecule has 40 heavy (non-hydrogen) atoms. The number of fused-ring (bicyclic) bond motifs is 2. The van der Waals surface area contributed by atoms with Crippen LogP contribution < -0.4 is 0 Å². The van der Waals surface area contributed by atoms with Crippen LogP contribution in [0.15, 0.2) is 0 Å². The molecule has 0 amide bonds. The molecule has 4 rings (SSSR count). The van der Waals surface area contributed by atoms with Crippen molar-refractivity contribution in [1.29, 1.82) is 0 Å². The van der Waals surface area contributed by atoms with Crippen LogP contribution in [0.3, 0.4) is 0 Å². The SMILES string of the molecule is CC[C@@H](O)[C@@H](O)[C@@H]1OC(=O)C[C@@H](O)[C@H](C)[C@H](O[C@@H]2OC(C)CC(N3CCOCC3)C2O)[C@@]2(C)CC(C)C(O2)[C@@H]1C. The Balaban J connectivity index is 1.62. The fourth-order valence-corrected chi connectivity index (χ4v) is 7.31. The normalized spacial score (nSPS) is 47.2. The largest absolute Gasteiger partial charge is 0.459 e. The van der Waals surface area contributed by atoms with E-state index < -0.39 is 72.4 Å². The van der Waals surface area contributed by atoms with Gasteiger partial charge in [-0.1, -0.05) is 27.7 Å². The van der Waals surface area contributed by atoms with Crippen molar-refractivity contribution < 1.29 is 48.9 Å². The number of ether oxygens (including phenoxy) is 5. The van der Waals surface area contributed by atoms with E-state index in [4.69, 9.17) is 23.7 Å². The van der Waals surface area contributed by atoms with Crippen LogP contribution in [0.25, 0.3) is 0 Å². The molecule has 4 aliphatic rings. The summed E-state index contributed by atoms with van der Waals surface area (Å²) in [6.07, 6.45) is -6.42. The lowest BCUT2D eigenvalue weighted by molar-refractivity contribution is -0.302. The van der Waals surface area contributed by atoms with E-state index in [2.05, 4.69) is 4.90 Å². The summed E-state index contributed by atoms with van der Waals surface area (Å²) in [7, 11) is 0. The average molecular weight is 574 g/mol. The minimum Gasteiger partial charge on any atom is -0.459 e. The van der Waals surface area contributed by atoms with Crippen LogP contribution in [0, 0.1) is 17.8 Å². The Morgan fingerprint density at radius 3 is 2.42 bits per heavy atom. The van der Waals surface area contributed by atoms with E-state index in [1.165, 1.54) is 0 Å². The molecule has 4 fully saturated rings. The molecule has 0 aromatic carbocycles. The molecule has 4 heterocycles. The Morgan fingerprint density at radius 2 is 1.77 bits per heavy atom. The van der Waals surface area contributed by atoms with Gasteiger partial charge in [0.2, 0.25) is 0 Å². The zero-order chi connectivity index (χ0) is 29.4. The number of morpholine rings is 1. The summed E-state index contributed by atoms with van der Waals surface area (Å²) in [6.45, 7) is 14.0. The van der Waals surface area contributed by atoms with Crippen LogP contribution in [-0.2, 0) is 28.5 Å². The monoisotopic (exact) mass is 573 g/mol. The summed E-state index contributed by atoms with van der Waals surface area (Å²) in [6, 6.07) is -0.160. The van der Waals surface area contributed by atoms with Gasteiger partial charge in [0.1, 0.15) is 18.3 Å². The second-order valence-corrected chi connectivity index (χ2v) is 12.8. The minimum absolute atomic E-state index is 0.000685. The lowest BCUT2D eigenvalue weighted by Crippen LogP contribution is -2.60. The Bertz CT molecular complexity index is 842. The fourth-order valence-electron chi connectivity index (χ4n) is 7.31. The van der Waals surface area contributed by atoms with Crippen LogP contribution in [0.4, 0.5) is 0 Å². The van der Waals surface area contributed by atoms with Crippen LogP contribution in [0.5, 0.6) is 0 Å². The first-order valence-electron chi connectivity index (χ1n) is 15.1. The molecule has 0 radical (unpaired) electrons. The second-order valence-electron chi connectivity index (χ2n) is 12.8. The summed E-state index contributed by atoms with van der Waals surface area (Å²) >= 11 is 0. The van der Waals surface area contributed by atoms with Gasteiger partial charge in [0.25, 0.3) is 0 Å². The Hall–Kier alpha value is -0.890. The molecule has 2 bridgehead atoms. The molecule has 232 valence electrons. The summed E-state index contributed by atoms with van der Waals surface area (Å²) in [5.41, 5.74) is -0.886. The lowest BCUT2D eigenvalue weighted by Gasteiger charge is -2.47. The van der Waals surface area contributed by atoms with E-state index in [0.29, 0.717) is 32.5 Å². The van der Waals surface area contributed by atoms with Gasteiger partial charge in [-0.3, -0.25) is 9.69 Å². The predicted octanol–water partition coefficient (Wildman–Crippen LogP) is 0.832. The van der Waals surface area contributed by atoms with Gasteiger partial charge in [-0.25, -0.2) is 0 Å². The van der Waals surface area contributed by atoms with Gasteiger partial charge in [0, 0.05) is 31.0 Å². The third kappa shape index (κ3) is 6.68. The number of cyclic esters (lactones) is 1. The van der Waals surface area contributed by atoms with Crippen molar-refractivity contribution in [3.05, 3.63) is 0 Å². The molecule has 0 aromatic rings. The van der Waals surface area contributed by atoms with E-state index in [0.717, 1.165) is 13.1 Å². The quantitative estimate of drug-likeness (QED) is 0.335. The molecule has 5 unspecified atom stereocenters. The number of carbonyl (C=O) groups is 1. The number of hydrogen-bond donors (Lipinski definition) is 4. The highest BCUT2D eigenvalue weighted by Gasteiger charge is 2.55. The van der Waals surface area contributed by atoms with Gasteiger partial charge in [-0.05, 0) is 39.0 Å². The maximum Gasteiger partial charge on any atom is 0.308 e. The standard InChI is InChI=1S/C29H51NO10/c1-7-20(31)24(35)26-18(5)25-15(2)14-29(6,40-25)27(17(4)21(32)13-22(33)38-26)39-28-23(34)19(12-16(3)37-28)30-8-10-36-11-9-30/h15-21,23-28,31-32,34-35H,7-14H2,1-6H3/t15?,16?,17-,18-,19?,20+,21+,23?,24+,25?,26+,27-,28-,29+/m0/s1. The molecular weight excluding hydrogens is 522 g/mol. The zero-order valence-corrected chi connectivity index (χ0v) is 24.8. The van der Waals surface area contributed by atoms with Gasteiger partial charge >= 0.3 is 5.97 Å². The van der Waals surface area contributed by atoms with Gasteiger partial charge in [-0.2, -0.15) is 0 Å². The topological polar surface area (TPSA) is 147 Å². The first kappa shape index (κ1) is 32.0. The molecule has 0 saturated carbocycles. The molecule has 11 heteroatoms. The van der Waals surface area contributed by atoms with Crippen molar-refractivity contribution in [2.45, 2.75) is 134 Å². The number of rotatable bonds is 6. The predicted molar refractivity (Wildman–Crippen MR) is 144 cm³/mol. The molecule has 11 nitrogen and oxygen atoms in total. The molecular formula is C29H51NO10. The fraction of sp³-hybridized carbons (Fsp3) is 0.966. The number of hydrogen-bond acceptors (Lipinski definition) is 11. The van der Waals surface area contributed by atoms with Crippen molar-refractivity contribution in [2.75, 3.05) is 26.3 Å². The number of esters is 1. The Morgan fingerprint density at radius 1 is 1.10 bits per heavy atom. The zero-order valence-electron chi connectivity index (χ0n) is 24.8. The first-order chi connectivity index (χ1) is 18.9. The highest BCUT2D eigenvalue weighted by Crippen LogP contribution is 2.46. The van der Waals surface area contributed by atoms with Crippen molar-refractivity contribution in [3.63, 3.8) is 0 Å². The summed E-state index contributed by atoms with van der Waals surface area (Å²) in [4.78, 5) is 15.2. The minimum atomic E-state index is -1.29. The Labute approximate surface area is 238 Å².